The molecule has 4 heteroatoms. The molecule has 0 atom stereocenters. The highest BCUT2D eigenvalue weighted by molar-refractivity contribution is 6.31. The second-order valence-corrected chi connectivity index (χ2v) is 4.88. The van der Waals surface area contributed by atoms with E-state index in [1.807, 2.05) is 18.2 Å². The summed E-state index contributed by atoms with van der Waals surface area (Å²) in [6.45, 7) is 1.26. The summed E-state index contributed by atoms with van der Waals surface area (Å²) in [6, 6.07) is 10.2. The van der Waals surface area contributed by atoms with Gasteiger partial charge in [0.1, 0.15) is 0 Å². The topological polar surface area (TPSA) is 43.8 Å². The number of hydrogen-bond acceptors (Lipinski definition) is 2. The van der Waals surface area contributed by atoms with Gasteiger partial charge in [0.2, 0.25) is 0 Å². The van der Waals surface area contributed by atoms with Gasteiger partial charge in [-0.25, -0.2) is 0 Å². The lowest BCUT2D eigenvalue weighted by atomic mass is 10.2. The van der Waals surface area contributed by atoms with E-state index in [9.17, 15) is 0 Å². The zero-order valence-electron chi connectivity index (χ0n) is 10.4. The summed E-state index contributed by atoms with van der Waals surface area (Å²) in [4.78, 5) is 4.01. The Morgan fingerprint density at radius 2 is 2.00 bits per heavy atom. The van der Waals surface area contributed by atoms with Crippen molar-refractivity contribution in [3.8, 4) is 0 Å². The van der Waals surface area contributed by atoms with E-state index in [1.54, 1.807) is 12.4 Å². The van der Waals surface area contributed by atoms with Gasteiger partial charge in [-0.1, -0.05) is 29.8 Å². The van der Waals surface area contributed by atoms with Gasteiger partial charge in [-0.3, -0.25) is 4.98 Å². The van der Waals surface area contributed by atoms with Crippen molar-refractivity contribution in [2.24, 2.45) is 5.73 Å². The van der Waals surface area contributed by atoms with Crippen LogP contribution in [0.5, 0.6) is 0 Å². The van der Waals surface area contributed by atoms with Crippen molar-refractivity contribution in [1.82, 2.24) is 9.55 Å². The normalized spacial score (nSPS) is 11.1. The first-order valence-electron chi connectivity index (χ1n) is 6.15. The average Bonchev–Trinajstić information content (AvgIpc) is 2.80. The van der Waals surface area contributed by atoms with Crippen molar-refractivity contribution < 1.29 is 0 Å². The number of nitrogens with two attached hydrogens (primary N) is 1. The number of fused-ring (bicyclic) bond motifs is 1. The van der Waals surface area contributed by atoms with Crippen LogP contribution >= 0.6 is 11.6 Å². The molecular formula is C15H14ClN3. The zero-order valence-corrected chi connectivity index (χ0v) is 11.1. The van der Waals surface area contributed by atoms with Crippen LogP contribution < -0.4 is 5.73 Å². The van der Waals surface area contributed by atoms with Crippen LogP contribution in [-0.4, -0.2) is 9.55 Å². The Morgan fingerprint density at radius 1 is 1.16 bits per heavy atom. The molecule has 19 heavy (non-hydrogen) atoms. The number of hydrogen-bond donors (Lipinski definition) is 1. The molecule has 2 N–H and O–H groups in total. The third-order valence-electron chi connectivity index (χ3n) is 3.29. The highest BCUT2D eigenvalue weighted by Gasteiger charge is 2.08. The van der Waals surface area contributed by atoms with Crippen LogP contribution in [0.1, 0.15) is 11.1 Å². The van der Waals surface area contributed by atoms with Gasteiger partial charge < -0.3 is 10.3 Å². The lowest BCUT2D eigenvalue weighted by molar-refractivity contribution is 0.828. The third-order valence-corrected chi connectivity index (χ3v) is 3.63. The van der Waals surface area contributed by atoms with Gasteiger partial charge in [0.05, 0.1) is 5.02 Å². The molecule has 0 saturated carbocycles. The SMILES string of the molecule is NCc1cn(Cc2ccncc2Cl)c2ccccc12. The Bertz CT molecular complexity index is 718. The first-order chi connectivity index (χ1) is 9.29. The molecule has 2 aromatic heterocycles. The predicted octanol–water partition coefficient (Wildman–Crippen LogP) is 3.20. The van der Waals surface area contributed by atoms with Gasteiger partial charge in [-0.05, 0) is 23.3 Å². The van der Waals surface area contributed by atoms with Gasteiger partial charge >= 0.3 is 0 Å². The molecule has 0 aliphatic heterocycles. The van der Waals surface area contributed by atoms with E-state index in [0.29, 0.717) is 11.6 Å². The Kier molecular flexibility index (Phi) is 3.23. The zero-order chi connectivity index (χ0) is 13.2. The smallest absolute Gasteiger partial charge is 0.0639 e. The van der Waals surface area contributed by atoms with E-state index in [4.69, 9.17) is 17.3 Å². The van der Waals surface area contributed by atoms with Crippen molar-refractivity contribution in [2.75, 3.05) is 0 Å². The molecule has 0 radical (unpaired) electrons. The maximum atomic E-state index is 6.17. The number of para-hydroxylation sites is 1. The van der Waals surface area contributed by atoms with Crippen LogP contribution in [0, 0.1) is 0 Å². The molecule has 0 aliphatic rings. The molecule has 0 saturated heterocycles. The van der Waals surface area contributed by atoms with Crippen LogP contribution in [-0.2, 0) is 13.1 Å². The molecular weight excluding hydrogens is 258 g/mol. The minimum atomic E-state index is 0.539. The number of benzene rings is 1. The van der Waals surface area contributed by atoms with E-state index in [2.05, 4.69) is 27.9 Å². The second-order valence-electron chi connectivity index (χ2n) is 4.47. The maximum Gasteiger partial charge on any atom is 0.0639 e. The Balaban J connectivity index is 2.09. The average molecular weight is 272 g/mol. The van der Waals surface area contributed by atoms with Crippen LogP contribution in [0.2, 0.25) is 5.02 Å². The molecule has 0 amide bonds. The second kappa shape index (κ2) is 5.03. The molecule has 0 fully saturated rings. The molecule has 0 unspecified atom stereocenters. The van der Waals surface area contributed by atoms with E-state index < -0.39 is 0 Å². The van der Waals surface area contributed by atoms with E-state index >= 15 is 0 Å². The highest BCUT2D eigenvalue weighted by atomic mass is 35.5. The van der Waals surface area contributed by atoms with Crippen LogP contribution in [0.25, 0.3) is 10.9 Å². The lowest BCUT2D eigenvalue weighted by Crippen LogP contribution is -1.99. The van der Waals surface area contributed by atoms with Gasteiger partial charge in [0, 0.05) is 42.6 Å². The van der Waals surface area contributed by atoms with Crippen molar-refractivity contribution in [2.45, 2.75) is 13.1 Å². The van der Waals surface area contributed by atoms with Crippen LogP contribution in [0.4, 0.5) is 0 Å². The minimum absolute atomic E-state index is 0.539. The van der Waals surface area contributed by atoms with Crippen molar-refractivity contribution in [1.29, 1.82) is 0 Å². The first-order valence-corrected chi connectivity index (χ1v) is 6.52. The highest BCUT2D eigenvalue weighted by Crippen LogP contribution is 2.23. The van der Waals surface area contributed by atoms with Crippen molar-refractivity contribution in [3.05, 3.63) is 65.1 Å². The summed E-state index contributed by atoms with van der Waals surface area (Å²) in [6.07, 6.45) is 5.53. The van der Waals surface area contributed by atoms with E-state index in [-0.39, 0.29) is 0 Å². The summed E-state index contributed by atoms with van der Waals surface area (Å²) in [7, 11) is 0. The summed E-state index contributed by atoms with van der Waals surface area (Å²) in [5, 5.41) is 1.89. The van der Waals surface area contributed by atoms with Gasteiger partial charge in [-0.15, -0.1) is 0 Å². The fourth-order valence-electron chi connectivity index (χ4n) is 2.33. The standard InChI is InChI=1S/C15H14ClN3/c16-14-8-18-6-5-11(14)9-19-10-12(7-17)13-3-1-2-4-15(13)19/h1-6,8,10H,7,9,17H2. The van der Waals surface area contributed by atoms with E-state index in [1.165, 1.54) is 10.9 Å². The number of rotatable bonds is 3. The molecule has 3 rings (SSSR count). The molecule has 1 aromatic carbocycles. The van der Waals surface area contributed by atoms with Gasteiger partial charge in [0.25, 0.3) is 0 Å². The molecule has 3 nitrogen and oxygen atoms in total. The summed E-state index contributed by atoms with van der Waals surface area (Å²) < 4.78 is 2.18. The Hall–Kier alpha value is -1.84. The largest absolute Gasteiger partial charge is 0.343 e. The number of aromatic nitrogens is 2. The molecule has 0 bridgehead atoms. The fourth-order valence-corrected chi connectivity index (χ4v) is 2.51. The minimum Gasteiger partial charge on any atom is -0.343 e. The quantitative estimate of drug-likeness (QED) is 0.795. The first kappa shape index (κ1) is 12.2. The molecule has 3 aromatic rings. The van der Waals surface area contributed by atoms with Gasteiger partial charge in [-0.2, -0.15) is 0 Å². The van der Waals surface area contributed by atoms with Crippen molar-refractivity contribution >= 4 is 22.5 Å². The number of pyridine rings is 1. The summed E-state index contributed by atoms with van der Waals surface area (Å²) in [5.74, 6) is 0. The molecule has 0 aliphatic carbocycles. The summed E-state index contributed by atoms with van der Waals surface area (Å²) in [5.41, 5.74) is 9.19. The Labute approximate surface area is 116 Å². The number of halogens is 1. The van der Waals surface area contributed by atoms with Crippen LogP contribution in [0.15, 0.2) is 48.9 Å². The Morgan fingerprint density at radius 3 is 2.79 bits per heavy atom. The van der Waals surface area contributed by atoms with E-state index in [0.717, 1.165) is 17.7 Å². The lowest BCUT2D eigenvalue weighted by Gasteiger charge is -2.06. The third kappa shape index (κ3) is 2.23. The molecule has 2 heterocycles. The summed E-state index contributed by atoms with van der Waals surface area (Å²) >= 11 is 6.17. The number of nitrogens with zero attached hydrogens (tertiary/aromatic N) is 2. The molecule has 0 spiro atoms. The predicted molar refractivity (Wildman–Crippen MR) is 78.2 cm³/mol. The van der Waals surface area contributed by atoms with Crippen LogP contribution in [0.3, 0.4) is 0 Å². The van der Waals surface area contributed by atoms with Gasteiger partial charge in [0.15, 0.2) is 0 Å². The molecule has 96 valence electrons. The van der Waals surface area contributed by atoms with Crippen molar-refractivity contribution in [3.63, 3.8) is 0 Å². The fraction of sp³-hybridized carbons (Fsp3) is 0.133. The monoisotopic (exact) mass is 271 g/mol. The maximum absolute atomic E-state index is 6.17.